The Hall–Kier alpha value is -3.60. The van der Waals surface area contributed by atoms with Crippen molar-refractivity contribution in [3.05, 3.63) is 86.3 Å². The minimum Gasteiger partial charge on any atom is -0.488 e. The summed E-state index contributed by atoms with van der Waals surface area (Å²) in [4.78, 5) is 26.9. The summed E-state index contributed by atoms with van der Waals surface area (Å²) in [5.74, 6) is -0.503. The van der Waals surface area contributed by atoms with Gasteiger partial charge in [-0.3, -0.25) is 4.79 Å². The molecule has 2 aromatic carbocycles. The number of para-hydroxylation sites is 1. The fraction of sp³-hybridized carbons (Fsp3) is 0.250. The maximum Gasteiger partial charge on any atom is 0.341 e. The number of halogens is 1. The highest BCUT2D eigenvalue weighted by atomic mass is 35.5. The number of anilines is 1. The third kappa shape index (κ3) is 5.96. The zero-order valence-electron chi connectivity index (χ0n) is 19.8. The molecule has 0 spiro atoms. The number of nitrogens with zero attached hydrogens (tertiary/aromatic N) is 1. The molecule has 1 aromatic heterocycles. The van der Waals surface area contributed by atoms with Gasteiger partial charge in [0.15, 0.2) is 0 Å². The molecule has 0 bridgehead atoms. The summed E-state index contributed by atoms with van der Waals surface area (Å²) in [7, 11) is 0. The van der Waals surface area contributed by atoms with Crippen molar-refractivity contribution in [2.75, 3.05) is 11.9 Å². The van der Waals surface area contributed by atoms with Gasteiger partial charge in [-0.25, -0.2) is 4.79 Å². The number of thiophene rings is 1. The van der Waals surface area contributed by atoms with Crippen molar-refractivity contribution < 1.29 is 19.1 Å². The molecule has 1 heterocycles. The van der Waals surface area contributed by atoms with Crippen molar-refractivity contribution in [3.8, 4) is 11.8 Å². The van der Waals surface area contributed by atoms with E-state index >= 15 is 0 Å². The Morgan fingerprint density at radius 2 is 1.89 bits per heavy atom. The van der Waals surface area contributed by atoms with E-state index in [1.165, 1.54) is 17.4 Å². The van der Waals surface area contributed by atoms with E-state index in [0.29, 0.717) is 33.5 Å². The van der Waals surface area contributed by atoms with Crippen molar-refractivity contribution in [2.24, 2.45) is 0 Å². The molecule has 0 unspecified atom stereocenters. The predicted octanol–water partition coefficient (Wildman–Crippen LogP) is 6.58. The first kappa shape index (κ1) is 25.5. The van der Waals surface area contributed by atoms with Crippen LogP contribution >= 0.6 is 22.9 Å². The Labute approximate surface area is 219 Å². The summed E-state index contributed by atoms with van der Waals surface area (Å²) in [6, 6.07) is 16.5. The molecule has 1 aliphatic carbocycles. The van der Waals surface area contributed by atoms with Crippen molar-refractivity contribution >= 4 is 45.9 Å². The Balaban J connectivity index is 1.57. The van der Waals surface area contributed by atoms with Crippen LogP contribution in [0.2, 0.25) is 5.02 Å². The monoisotopic (exact) mass is 520 g/mol. The first-order valence-electron chi connectivity index (χ1n) is 11.7. The van der Waals surface area contributed by atoms with Gasteiger partial charge in [0.2, 0.25) is 0 Å². The smallest absolute Gasteiger partial charge is 0.341 e. The van der Waals surface area contributed by atoms with E-state index in [4.69, 9.17) is 21.1 Å². The Morgan fingerprint density at radius 1 is 1.14 bits per heavy atom. The van der Waals surface area contributed by atoms with Crippen LogP contribution in [0.4, 0.5) is 5.00 Å². The number of hydrogen-bond donors (Lipinski definition) is 1. The number of hydrogen-bond acceptors (Lipinski definition) is 6. The SMILES string of the molecule is CCOC(=O)c1c(NC(=O)C(C#N)=Cc2ccccc2OCc2ccc(Cl)cc2)sc2c1CCCC2. The van der Waals surface area contributed by atoms with Gasteiger partial charge in [0.25, 0.3) is 5.91 Å². The maximum absolute atomic E-state index is 13.1. The second-order valence-corrected chi connectivity index (χ2v) is 9.75. The summed E-state index contributed by atoms with van der Waals surface area (Å²) < 4.78 is 11.2. The van der Waals surface area contributed by atoms with Crippen molar-refractivity contribution in [1.82, 2.24) is 0 Å². The molecule has 0 radical (unpaired) electrons. The zero-order valence-corrected chi connectivity index (χ0v) is 21.4. The van der Waals surface area contributed by atoms with Crippen LogP contribution in [-0.4, -0.2) is 18.5 Å². The standard InChI is InChI=1S/C28H25ClN2O4S/c1-2-34-28(33)25-22-8-4-6-10-24(22)36-27(25)31-26(32)20(16-30)15-19-7-3-5-9-23(19)35-17-18-11-13-21(29)14-12-18/h3,5,7,9,11-15H,2,4,6,8,10,17H2,1H3,(H,31,32). The molecular formula is C28H25ClN2O4S. The fourth-order valence-corrected chi connectivity index (χ4v) is 5.42. The molecule has 1 amide bonds. The summed E-state index contributed by atoms with van der Waals surface area (Å²) in [6.07, 6.45) is 5.15. The van der Waals surface area contributed by atoms with E-state index in [9.17, 15) is 14.9 Å². The largest absolute Gasteiger partial charge is 0.488 e. The molecule has 8 heteroatoms. The van der Waals surface area contributed by atoms with Gasteiger partial charge in [0.05, 0.1) is 12.2 Å². The Morgan fingerprint density at radius 3 is 2.64 bits per heavy atom. The Kier molecular flexibility index (Phi) is 8.42. The first-order chi connectivity index (χ1) is 17.5. The molecule has 0 fully saturated rings. The van der Waals surface area contributed by atoms with E-state index in [2.05, 4.69) is 5.32 Å². The lowest BCUT2D eigenvalue weighted by molar-refractivity contribution is -0.112. The van der Waals surface area contributed by atoms with Crippen molar-refractivity contribution in [1.29, 1.82) is 5.26 Å². The molecule has 0 atom stereocenters. The van der Waals surface area contributed by atoms with Crippen LogP contribution in [0.5, 0.6) is 5.75 Å². The van der Waals surface area contributed by atoms with Gasteiger partial charge >= 0.3 is 5.97 Å². The second kappa shape index (κ2) is 11.9. The molecule has 1 aliphatic rings. The normalized spacial score (nSPS) is 12.9. The molecular weight excluding hydrogens is 496 g/mol. The molecule has 184 valence electrons. The number of amides is 1. The topological polar surface area (TPSA) is 88.4 Å². The maximum atomic E-state index is 13.1. The molecule has 3 aromatic rings. The van der Waals surface area contributed by atoms with Crippen LogP contribution in [0.1, 0.15) is 51.7 Å². The van der Waals surface area contributed by atoms with Gasteiger partial charge < -0.3 is 14.8 Å². The quantitative estimate of drug-likeness (QED) is 0.206. The third-order valence-electron chi connectivity index (χ3n) is 5.77. The first-order valence-corrected chi connectivity index (χ1v) is 12.9. The minimum absolute atomic E-state index is 0.0984. The minimum atomic E-state index is -0.589. The van der Waals surface area contributed by atoms with Crippen molar-refractivity contribution in [3.63, 3.8) is 0 Å². The average molecular weight is 521 g/mol. The summed E-state index contributed by atoms with van der Waals surface area (Å²) in [6.45, 7) is 2.30. The van der Waals surface area contributed by atoms with Gasteiger partial charge in [-0.1, -0.05) is 41.9 Å². The van der Waals surface area contributed by atoms with Gasteiger partial charge in [-0.15, -0.1) is 11.3 Å². The van der Waals surface area contributed by atoms with Crippen LogP contribution in [0.25, 0.3) is 6.08 Å². The van der Waals surface area contributed by atoms with Crippen LogP contribution in [-0.2, 0) is 29.0 Å². The Bertz CT molecular complexity index is 1340. The summed E-state index contributed by atoms with van der Waals surface area (Å²) in [5.41, 5.74) is 2.79. The van der Waals surface area contributed by atoms with Gasteiger partial charge in [0.1, 0.15) is 29.0 Å². The molecule has 4 rings (SSSR count). The van der Waals surface area contributed by atoms with E-state index in [1.807, 2.05) is 24.3 Å². The number of fused-ring (bicyclic) bond motifs is 1. The number of rotatable bonds is 8. The molecule has 6 nitrogen and oxygen atoms in total. The number of nitrogens with one attached hydrogen (secondary N) is 1. The lowest BCUT2D eigenvalue weighted by Gasteiger charge is -2.12. The van der Waals surface area contributed by atoms with Gasteiger partial charge in [-0.05, 0) is 68.0 Å². The highest BCUT2D eigenvalue weighted by Gasteiger charge is 2.27. The number of aryl methyl sites for hydroxylation is 1. The highest BCUT2D eigenvalue weighted by molar-refractivity contribution is 7.17. The van der Waals surface area contributed by atoms with E-state index < -0.39 is 11.9 Å². The van der Waals surface area contributed by atoms with Gasteiger partial charge in [0, 0.05) is 15.5 Å². The number of carbonyl (C=O) groups is 2. The number of ether oxygens (including phenoxy) is 2. The van der Waals surface area contributed by atoms with Crippen LogP contribution < -0.4 is 10.1 Å². The number of nitriles is 1. The molecule has 1 N–H and O–H groups in total. The lowest BCUT2D eigenvalue weighted by Crippen LogP contribution is -2.16. The zero-order chi connectivity index (χ0) is 25.5. The molecule has 0 aliphatic heterocycles. The van der Waals surface area contributed by atoms with E-state index in [-0.39, 0.29) is 12.2 Å². The number of carbonyl (C=O) groups excluding carboxylic acids is 2. The molecule has 0 saturated carbocycles. The van der Waals surface area contributed by atoms with E-state index in [1.54, 1.807) is 37.3 Å². The van der Waals surface area contributed by atoms with Crippen LogP contribution in [0, 0.1) is 11.3 Å². The molecule has 0 saturated heterocycles. The van der Waals surface area contributed by atoms with Gasteiger partial charge in [-0.2, -0.15) is 5.26 Å². The number of esters is 1. The fourth-order valence-electron chi connectivity index (χ4n) is 4.02. The van der Waals surface area contributed by atoms with Crippen molar-refractivity contribution in [2.45, 2.75) is 39.2 Å². The van der Waals surface area contributed by atoms with E-state index in [0.717, 1.165) is 41.7 Å². The van der Waals surface area contributed by atoms with Crippen LogP contribution in [0.15, 0.2) is 54.1 Å². The summed E-state index contributed by atoms with van der Waals surface area (Å²) >= 11 is 7.33. The number of benzene rings is 2. The molecule has 36 heavy (non-hydrogen) atoms. The third-order valence-corrected chi connectivity index (χ3v) is 7.23. The lowest BCUT2D eigenvalue weighted by atomic mass is 9.95. The average Bonchev–Trinajstić information content (AvgIpc) is 3.25. The van der Waals surface area contributed by atoms with Crippen LogP contribution in [0.3, 0.4) is 0 Å². The summed E-state index contributed by atoms with van der Waals surface area (Å²) in [5, 5.41) is 13.6. The highest BCUT2D eigenvalue weighted by Crippen LogP contribution is 2.39. The second-order valence-electron chi connectivity index (χ2n) is 8.21. The predicted molar refractivity (Wildman–Crippen MR) is 141 cm³/mol.